The van der Waals surface area contributed by atoms with Gasteiger partial charge in [-0.3, -0.25) is 4.79 Å². The smallest absolute Gasteiger partial charge is 0.211 e. The number of rotatable bonds is 3. The Morgan fingerprint density at radius 3 is 1.86 bits per heavy atom. The van der Waals surface area contributed by atoms with E-state index in [1.807, 2.05) is 0 Å². The van der Waals surface area contributed by atoms with Gasteiger partial charge < -0.3 is 4.90 Å². The Labute approximate surface area is 59.1 Å². The number of carbonyl (C=O) groups excluding carboxylic acids is 1. The summed E-state index contributed by atoms with van der Waals surface area (Å²) in [4.78, 5) is 11.4. The van der Waals surface area contributed by atoms with Gasteiger partial charge in [0, 0.05) is 0 Å². The van der Waals surface area contributed by atoms with E-state index in [2.05, 4.69) is 31.9 Å². The molecule has 0 fully saturated rings. The van der Waals surface area contributed by atoms with Crippen molar-refractivity contribution >= 4 is 38.3 Å². The highest BCUT2D eigenvalue weighted by Crippen LogP contribution is 1.91. The van der Waals surface area contributed by atoms with Crippen molar-refractivity contribution in [2.75, 3.05) is 10.9 Å². The van der Waals surface area contributed by atoms with Crippen LogP contribution in [0.2, 0.25) is 0 Å². The Bertz CT molecular complexity index is 54.9. The molecule has 0 aliphatic carbocycles. The molecule has 2 nitrogen and oxygen atoms in total. The molecular formula is C3H5Br2NO. The number of nitrogens with zero attached hydrogens (tertiary/aromatic N) is 1. The van der Waals surface area contributed by atoms with Gasteiger partial charge in [0.25, 0.3) is 0 Å². The molecule has 0 aliphatic rings. The monoisotopic (exact) mass is 229 g/mol. The van der Waals surface area contributed by atoms with E-state index in [1.54, 1.807) is 0 Å². The summed E-state index contributed by atoms with van der Waals surface area (Å²) in [5, 5.41) is 0. The van der Waals surface area contributed by atoms with Crippen molar-refractivity contribution in [2.24, 2.45) is 0 Å². The van der Waals surface area contributed by atoms with Gasteiger partial charge in [-0.05, 0) is 0 Å². The maximum absolute atomic E-state index is 9.83. The minimum Gasteiger partial charge on any atom is -0.325 e. The van der Waals surface area contributed by atoms with Crippen LogP contribution in [0.1, 0.15) is 0 Å². The van der Waals surface area contributed by atoms with Crippen molar-refractivity contribution in [3.63, 3.8) is 0 Å². The molecule has 1 amide bonds. The number of amides is 1. The Balaban J connectivity index is 3.16. The zero-order valence-electron chi connectivity index (χ0n) is 3.60. The van der Waals surface area contributed by atoms with E-state index in [0.717, 1.165) is 6.41 Å². The summed E-state index contributed by atoms with van der Waals surface area (Å²) in [6, 6.07) is 0. The molecule has 0 aromatic carbocycles. The van der Waals surface area contributed by atoms with Crippen LogP contribution in [0.4, 0.5) is 0 Å². The van der Waals surface area contributed by atoms with Crippen molar-refractivity contribution in [3.8, 4) is 0 Å². The zero-order chi connectivity index (χ0) is 5.70. The highest BCUT2D eigenvalue weighted by Gasteiger charge is 1.90. The van der Waals surface area contributed by atoms with Gasteiger partial charge in [-0.2, -0.15) is 0 Å². The van der Waals surface area contributed by atoms with Crippen molar-refractivity contribution in [2.45, 2.75) is 0 Å². The normalized spacial score (nSPS) is 8.29. The first-order chi connectivity index (χ1) is 3.35. The lowest BCUT2D eigenvalue weighted by Gasteiger charge is -2.06. The molecule has 0 spiro atoms. The van der Waals surface area contributed by atoms with Gasteiger partial charge in [-0.25, -0.2) is 0 Å². The van der Waals surface area contributed by atoms with Crippen LogP contribution >= 0.6 is 31.9 Å². The summed E-state index contributed by atoms with van der Waals surface area (Å²) < 4.78 is 0. The predicted octanol–water partition coefficient (Wildman–Crippen LogP) is 1.15. The fraction of sp³-hybridized carbons (Fsp3) is 0.667. The van der Waals surface area contributed by atoms with Crippen molar-refractivity contribution in [1.82, 2.24) is 4.90 Å². The fourth-order valence-corrected chi connectivity index (χ4v) is 1.16. The number of hydrogen-bond donors (Lipinski definition) is 0. The molecule has 0 bridgehead atoms. The minimum absolute atomic E-state index is 0.585. The number of hydrogen-bond acceptors (Lipinski definition) is 1. The molecule has 0 aromatic rings. The van der Waals surface area contributed by atoms with Crippen LogP contribution in [-0.2, 0) is 4.79 Å². The molecule has 0 heterocycles. The summed E-state index contributed by atoms with van der Waals surface area (Å²) in [5.41, 5.74) is 1.17. The highest BCUT2D eigenvalue weighted by molar-refractivity contribution is 9.09. The molecule has 0 unspecified atom stereocenters. The van der Waals surface area contributed by atoms with E-state index in [4.69, 9.17) is 0 Å². The van der Waals surface area contributed by atoms with Gasteiger partial charge in [0.1, 0.15) is 0 Å². The molecule has 0 N–H and O–H groups in total. The Hall–Kier alpha value is 0.430. The second kappa shape index (κ2) is 4.59. The molecule has 0 radical (unpaired) electrons. The van der Waals surface area contributed by atoms with Crippen molar-refractivity contribution in [1.29, 1.82) is 0 Å². The molecule has 0 aliphatic heterocycles. The van der Waals surface area contributed by atoms with Gasteiger partial charge in [-0.15, -0.1) is 0 Å². The average molecular weight is 231 g/mol. The highest BCUT2D eigenvalue weighted by atomic mass is 79.9. The standard InChI is InChI=1S/C3H5Br2NO/c4-1-6(2-5)3-7/h3H,1-2H2. The topological polar surface area (TPSA) is 20.3 Å². The lowest BCUT2D eigenvalue weighted by molar-refractivity contribution is -0.116. The second-order valence-corrected chi connectivity index (χ2v) is 1.94. The van der Waals surface area contributed by atoms with E-state index in [0.29, 0.717) is 10.9 Å². The number of carbonyl (C=O) groups is 1. The predicted molar refractivity (Wildman–Crippen MR) is 35.5 cm³/mol. The van der Waals surface area contributed by atoms with E-state index in [-0.39, 0.29) is 0 Å². The minimum atomic E-state index is 0.585. The molecule has 0 aromatic heterocycles. The van der Waals surface area contributed by atoms with Crippen molar-refractivity contribution < 1.29 is 4.79 Å². The number of alkyl halides is 2. The third kappa shape index (κ3) is 3.05. The van der Waals surface area contributed by atoms with Gasteiger partial charge >= 0.3 is 0 Å². The maximum atomic E-state index is 9.83. The summed E-state index contributed by atoms with van der Waals surface area (Å²) >= 11 is 6.20. The molecule has 42 valence electrons. The largest absolute Gasteiger partial charge is 0.325 e. The first-order valence-corrected chi connectivity index (χ1v) is 3.90. The SMILES string of the molecule is O=CN(CBr)CBr. The first kappa shape index (κ1) is 7.43. The van der Waals surface area contributed by atoms with Crippen molar-refractivity contribution in [3.05, 3.63) is 0 Å². The first-order valence-electron chi connectivity index (χ1n) is 1.66. The molecular weight excluding hydrogens is 226 g/mol. The van der Waals surface area contributed by atoms with Gasteiger partial charge in [0.15, 0.2) is 0 Å². The second-order valence-electron chi connectivity index (χ2n) is 0.933. The number of halogens is 2. The van der Waals surface area contributed by atoms with Crippen LogP contribution in [0, 0.1) is 0 Å². The zero-order valence-corrected chi connectivity index (χ0v) is 6.77. The van der Waals surface area contributed by atoms with E-state index >= 15 is 0 Å². The van der Waals surface area contributed by atoms with Crippen LogP contribution in [0.25, 0.3) is 0 Å². The summed E-state index contributed by atoms with van der Waals surface area (Å²) in [6.07, 6.45) is 0.767. The Morgan fingerprint density at radius 1 is 1.43 bits per heavy atom. The van der Waals surface area contributed by atoms with Crippen LogP contribution in [0.5, 0.6) is 0 Å². The van der Waals surface area contributed by atoms with Crippen LogP contribution in [0.3, 0.4) is 0 Å². The van der Waals surface area contributed by atoms with Crippen LogP contribution in [0.15, 0.2) is 0 Å². The van der Waals surface area contributed by atoms with Gasteiger partial charge in [0.05, 0.1) is 10.9 Å². The van der Waals surface area contributed by atoms with E-state index < -0.39 is 0 Å². The lowest BCUT2D eigenvalue weighted by Crippen LogP contribution is -2.16. The molecule has 0 saturated carbocycles. The average Bonchev–Trinajstić information content (AvgIpc) is 1.72. The molecule has 0 atom stereocenters. The van der Waals surface area contributed by atoms with Crippen LogP contribution in [-0.4, -0.2) is 22.2 Å². The molecule has 0 rings (SSSR count). The van der Waals surface area contributed by atoms with E-state index in [9.17, 15) is 4.79 Å². The summed E-state index contributed by atoms with van der Waals surface area (Å²) in [7, 11) is 0. The Kier molecular flexibility index (Phi) is 4.87. The Morgan fingerprint density at radius 2 is 1.86 bits per heavy atom. The third-order valence-electron chi connectivity index (χ3n) is 0.456. The molecule has 0 saturated heterocycles. The molecule has 4 heteroatoms. The van der Waals surface area contributed by atoms with Gasteiger partial charge in [0.2, 0.25) is 6.41 Å². The quantitative estimate of drug-likeness (QED) is 0.405. The lowest BCUT2D eigenvalue weighted by atomic mass is 11.0. The third-order valence-corrected chi connectivity index (χ3v) is 1.74. The molecule has 7 heavy (non-hydrogen) atoms. The fourth-order valence-electron chi connectivity index (χ4n) is 0.0883. The van der Waals surface area contributed by atoms with Crippen LogP contribution < -0.4 is 0 Å². The summed E-state index contributed by atoms with van der Waals surface area (Å²) in [6.45, 7) is 0. The van der Waals surface area contributed by atoms with E-state index in [1.165, 1.54) is 4.90 Å². The van der Waals surface area contributed by atoms with Gasteiger partial charge in [-0.1, -0.05) is 31.9 Å². The maximum Gasteiger partial charge on any atom is 0.211 e. The summed E-state index contributed by atoms with van der Waals surface area (Å²) in [5.74, 6) is 0.